The highest BCUT2D eigenvalue weighted by Gasteiger charge is 1.85. The van der Waals surface area contributed by atoms with Crippen LogP contribution in [0.15, 0.2) is 0 Å². The molecule has 0 aliphatic heterocycles. The molecule has 0 rings (SSSR count). The molecule has 0 saturated carbocycles. The van der Waals surface area contributed by atoms with Gasteiger partial charge >= 0.3 is 0 Å². The summed E-state index contributed by atoms with van der Waals surface area (Å²) < 4.78 is 0.594. The molecular weight excluding hydrogens is 170 g/mol. The molecule has 0 aliphatic rings. The lowest BCUT2D eigenvalue weighted by atomic mass is 10.5. The van der Waals surface area contributed by atoms with E-state index in [1.807, 2.05) is 11.8 Å². The van der Waals surface area contributed by atoms with Crippen molar-refractivity contribution in [2.75, 3.05) is 18.6 Å². The average molecular weight is 181 g/mol. The largest absolute Gasteiger partial charge is 0.371 e. The van der Waals surface area contributed by atoms with Gasteiger partial charge in [0.2, 0.25) is 0 Å². The van der Waals surface area contributed by atoms with E-state index >= 15 is 0 Å². The lowest BCUT2D eigenvalue weighted by Crippen LogP contribution is -2.17. The summed E-state index contributed by atoms with van der Waals surface area (Å²) in [5.41, 5.74) is 0. The molecule has 0 amide bonds. The quantitative estimate of drug-likeness (QED) is 0.388. The van der Waals surface area contributed by atoms with Crippen LogP contribution < -0.4 is 5.32 Å². The Hall–Kier alpha value is 0.590. The molecule has 0 aromatic heterocycles. The van der Waals surface area contributed by atoms with Crippen molar-refractivity contribution >= 4 is 40.9 Å². The molecule has 0 aliphatic carbocycles. The summed E-state index contributed by atoms with van der Waals surface area (Å²) in [7, 11) is 0. The van der Waals surface area contributed by atoms with Crippen LogP contribution >= 0.6 is 36.6 Å². The molecule has 1 nitrogen and oxygen atoms in total. The van der Waals surface area contributed by atoms with E-state index in [2.05, 4.69) is 24.2 Å². The Balaban J connectivity index is 2.83. The van der Waals surface area contributed by atoms with Crippen LogP contribution in [0.1, 0.15) is 6.42 Å². The maximum absolute atomic E-state index is 4.69. The minimum absolute atomic E-state index is 0.594. The van der Waals surface area contributed by atoms with Crippen molar-refractivity contribution in [3.05, 3.63) is 0 Å². The Bertz CT molecular complexity index is 84.3. The SMILES string of the molecule is CSCCCNC(=S)S. The van der Waals surface area contributed by atoms with Crippen LogP contribution in [0.2, 0.25) is 0 Å². The fourth-order valence-electron chi connectivity index (χ4n) is 0.412. The maximum atomic E-state index is 4.69. The molecule has 0 atom stereocenters. The molecule has 0 heterocycles. The number of hydrogen-bond donors (Lipinski definition) is 2. The fourth-order valence-corrected chi connectivity index (χ4v) is 1.06. The van der Waals surface area contributed by atoms with Gasteiger partial charge in [0.15, 0.2) is 0 Å². The smallest absolute Gasteiger partial charge is 0.130 e. The van der Waals surface area contributed by atoms with Gasteiger partial charge in [-0.2, -0.15) is 11.8 Å². The molecule has 0 aromatic rings. The lowest BCUT2D eigenvalue weighted by Gasteiger charge is -1.99. The van der Waals surface area contributed by atoms with E-state index in [1.165, 1.54) is 5.75 Å². The molecule has 54 valence electrons. The molecule has 0 radical (unpaired) electrons. The predicted molar refractivity (Wildman–Crippen MR) is 52.6 cm³/mol. The zero-order chi connectivity index (χ0) is 7.11. The average Bonchev–Trinajstić information content (AvgIpc) is 1.80. The first-order chi connectivity index (χ1) is 4.27. The van der Waals surface area contributed by atoms with Gasteiger partial charge in [0.05, 0.1) is 0 Å². The van der Waals surface area contributed by atoms with Gasteiger partial charge < -0.3 is 5.32 Å². The molecule has 0 aromatic carbocycles. The van der Waals surface area contributed by atoms with E-state index in [0.717, 1.165) is 13.0 Å². The van der Waals surface area contributed by atoms with Crippen LogP contribution in [0, 0.1) is 0 Å². The van der Waals surface area contributed by atoms with Gasteiger partial charge in [0.25, 0.3) is 0 Å². The molecule has 4 heteroatoms. The molecule has 0 fully saturated rings. The molecule has 0 bridgehead atoms. The number of thioether (sulfide) groups is 1. The van der Waals surface area contributed by atoms with Gasteiger partial charge in [-0.05, 0) is 18.4 Å². The van der Waals surface area contributed by atoms with E-state index in [1.54, 1.807) is 0 Å². The Kier molecular flexibility index (Phi) is 7.15. The van der Waals surface area contributed by atoms with Crippen LogP contribution in [0.25, 0.3) is 0 Å². The highest BCUT2D eigenvalue weighted by atomic mass is 32.2. The molecule has 0 saturated heterocycles. The Labute approximate surface area is 71.4 Å². The van der Waals surface area contributed by atoms with Crippen molar-refractivity contribution in [2.24, 2.45) is 0 Å². The monoisotopic (exact) mass is 181 g/mol. The van der Waals surface area contributed by atoms with E-state index < -0.39 is 0 Å². The van der Waals surface area contributed by atoms with E-state index in [-0.39, 0.29) is 0 Å². The third-order valence-electron chi connectivity index (χ3n) is 0.801. The number of nitrogens with one attached hydrogen (secondary N) is 1. The zero-order valence-electron chi connectivity index (χ0n) is 5.39. The maximum Gasteiger partial charge on any atom is 0.130 e. The van der Waals surface area contributed by atoms with Crippen LogP contribution in [-0.4, -0.2) is 22.9 Å². The lowest BCUT2D eigenvalue weighted by molar-refractivity contribution is 0.864. The van der Waals surface area contributed by atoms with Gasteiger partial charge in [-0.25, -0.2) is 0 Å². The molecule has 9 heavy (non-hydrogen) atoms. The number of thiol groups is 1. The normalized spacial score (nSPS) is 9.11. The summed E-state index contributed by atoms with van der Waals surface area (Å²) in [5.74, 6) is 1.18. The summed E-state index contributed by atoms with van der Waals surface area (Å²) in [4.78, 5) is 0. The van der Waals surface area contributed by atoms with Crippen LogP contribution in [-0.2, 0) is 0 Å². The molecule has 0 spiro atoms. The summed E-state index contributed by atoms with van der Waals surface area (Å²) >= 11 is 10.5. The topological polar surface area (TPSA) is 12.0 Å². The first-order valence-corrected chi connectivity index (χ1v) is 4.98. The van der Waals surface area contributed by atoms with Gasteiger partial charge in [-0.3, -0.25) is 0 Å². The van der Waals surface area contributed by atoms with Crippen molar-refractivity contribution < 1.29 is 0 Å². The van der Waals surface area contributed by atoms with Crippen molar-refractivity contribution in [3.8, 4) is 0 Å². The number of thiocarbonyl (C=S) groups is 1. The van der Waals surface area contributed by atoms with E-state index in [0.29, 0.717) is 4.32 Å². The third-order valence-corrected chi connectivity index (χ3v) is 1.80. The molecular formula is C5H11NS3. The first kappa shape index (κ1) is 9.59. The number of hydrogen-bond acceptors (Lipinski definition) is 2. The summed E-state index contributed by atoms with van der Waals surface area (Å²) in [6.45, 7) is 0.948. The minimum Gasteiger partial charge on any atom is -0.371 e. The molecule has 0 unspecified atom stereocenters. The summed E-state index contributed by atoms with van der Waals surface area (Å²) in [6.07, 6.45) is 3.25. The highest BCUT2D eigenvalue weighted by molar-refractivity contribution is 8.11. The van der Waals surface area contributed by atoms with Crippen molar-refractivity contribution in [1.82, 2.24) is 5.32 Å². The Morgan fingerprint density at radius 1 is 1.78 bits per heavy atom. The van der Waals surface area contributed by atoms with Gasteiger partial charge in [-0.15, -0.1) is 12.6 Å². The Morgan fingerprint density at radius 2 is 2.44 bits per heavy atom. The van der Waals surface area contributed by atoms with E-state index in [4.69, 9.17) is 12.2 Å². The first-order valence-electron chi connectivity index (χ1n) is 2.73. The second-order valence-corrected chi connectivity index (χ2v) is 3.72. The number of rotatable bonds is 4. The van der Waals surface area contributed by atoms with Crippen LogP contribution in [0.5, 0.6) is 0 Å². The standard InChI is InChI=1S/C5H11NS3/c1-9-4-2-3-6-5(7)8/h2-4H2,1H3,(H2,6,7,8). The van der Waals surface area contributed by atoms with Gasteiger partial charge in [-0.1, -0.05) is 12.2 Å². The third kappa shape index (κ3) is 8.59. The molecule has 1 N–H and O–H groups in total. The summed E-state index contributed by atoms with van der Waals surface area (Å²) in [5, 5.41) is 2.96. The summed E-state index contributed by atoms with van der Waals surface area (Å²) in [6, 6.07) is 0. The van der Waals surface area contributed by atoms with Gasteiger partial charge in [0.1, 0.15) is 4.32 Å². The van der Waals surface area contributed by atoms with Crippen LogP contribution in [0.3, 0.4) is 0 Å². The van der Waals surface area contributed by atoms with Crippen LogP contribution in [0.4, 0.5) is 0 Å². The zero-order valence-corrected chi connectivity index (χ0v) is 7.91. The van der Waals surface area contributed by atoms with Gasteiger partial charge in [0, 0.05) is 6.54 Å². The minimum atomic E-state index is 0.594. The van der Waals surface area contributed by atoms with Crippen molar-refractivity contribution in [1.29, 1.82) is 0 Å². The second-order valence-electron chi connectivity index (χ2n) is 1.58. The Morgan fingerprint density at radius 3 is 2.89 bits per heavy atom. The predicted octanol–water partition coefficient (Wildman–Crippen LogP) is 1.54. The second kappa shape index (κ2) is 6.71. The van der Waals surface area contributed by atoms with Crippen molar-refractivity contribution in [3.63, 3.8) is 0 Å². The van der Waals surface area contributed by atoms with Crippen molar-refractivity contribution in [2.45, 2.75) is 6.42 Å². The van der Waals surface area contributed by atoms with E-state index in [9.17, 15) is 0 Å². The highest BCUT2D eigenvalue weighted by Crippen LogP contribution is 1.93. The fraction of sp³-hybridized carbons (Fsp3) is 0.800.